The van der Waals surface area contributed by atoms with Gasteiger partial charge in [0.25, 0.3) is 0 Å². The monoisotopic (exact) mass is 365 g/mol. The van der Waals surface area contributed by atoms with E-state index in [0.717, 1.165) is 25.3 Å². The third-order valence-corrected chi connectivity index (χ3v) is 5.34. The van der Waals surface area contributed by atoms with Crippen molar-refractivity contribution in [3.63, 3.8) is 0 Å². The normalized spacial score (nSPS) is 20.9. The van der Waals surface area contributed by atoms with Gasteiger partial charge >= 0.3 is 6.03 Å². The van der Waals surface area contributed by atoms with Crippen LogP contribution in [0.4, 0.5) is 13.6 Å². The van der Waals surface area contributed by atoms with E-state index < -0.39 is 11.6 Å². The maximum absolute atomic E-state index is 13.7. The second-order valence-electron chi connectivity index (χ2n) is 7.27. The molecule has 0 radical (unpaired) electrons. The zero-order valence-electron chi connectivity index (χ0n) is 14.8. The van der Waals surface area contributed by atoms with E-state index in [2.05, 4.69) is 10.6 Å². The van der Waals surface area contributed by atoms with Crippen molar-refractivity contribution in [1.82, 2.24) is 15.5 Å². The molecule has 0 saturated carbocycles. The lowest BCUT2D eigenvalue weighted by molar-refractivity contribution is -0.119. The number of halogens is 2. The molecule has 2 saturated heterocycles. The Morgan fingerprint density at radius 3 is 2.65 bits per heavy atom. The molecule has 142 valence electrons. The molecule has 0 aliphatic carbocycles. The first kappa shape index (κ1) is 18.6. The highest BCUT2D eigenvalue weighted by Gasteiger charge is 2.25. The third-order valence-electron chi connectivity index (χ3n) is 5.34. The number of rotatable bonds is 5. The maximum Gasteiger partial charge on any atom is 0.317 e. The fourth-order valence-electron chi connectivity index (χ4n) is 3.66. The Kier molecular flexibility index (Phi) is 6.06. The Morgan fingerprint density at radius 1 is 1.23 bits per heavy atom. The molecule has 0 unspecified atom stereocenters. The van der Waals surface area contributed by atoms with Crippen molar-refractivity contribution in [2.24, 2.45) is 11.8 Å². The molecular weight excluding hydrogens is 340 g/mol. The summed E-state index contributed by atoms with van der Waals surface area (Å²) in [6.45, 7) is 2.51. The summed E-state index contributed by atoms with van der Waals surface area (Å²) in [6, 6.07) is 3.65. The van der Waals surface area contributed by atoms with E-state index >= 15 is 0 Å². The van der Waals surface area contributed by atoms with Gasteiger partial charge in [0.1, 0.15) is 11.6 Å². The Balaban J connectivity index is 1.37. The number of carbonyl (C=O) groups is 2. The van der Waals surface area contributed by atoms with Gasteiger partial charge in [-0.2, -0.15) is 0 Å². The number of benzene rings is 1. The fourth-order valence-corrected chi connectivity index (χ4v) is 3.66. The summed E-state index contributed by atoms with van der Waals surface area (Å²) < 4.78 is 26.6. The fraction of sp³-hybridized carbons (Fsp3) is 0.579. The summed E-state index contributed by atoms with van der Waals surface area (Å²) in [6.07, 6.45) is 3.68. The number of piperidine rings is 1. The maximum atomic E-state index is 13.7. The topological polar surface area (TPSA) is 61.4 Å². The first-order valence-electron chi connectivity index (χ1n) is 9.24. The van der Waals surface area contributed by atoms with Crippen molar-refractivity contribution in [2.45, 2.75) is 32.1 Å². The lowest BCUT2D eigenvalue weighted by atomic mass is 9.90. The molecule has 1 aromatic carbocycles. The molecule has 2 fully saturated rings. The van der Waals surface area contributed by atoms with E-state index in [9.17, 15) is 18.4 Å². The Labute approximate surface area is 152 Å². The first-order valence-corrected chi connectivity index (χ1v) is 9.24. The molecule has 1 atom stereocenters. The number of likely N-dealkylation sites (tertiary alicyclic amines) is 1. The molecule has 5 nitrogen and oxygen atoms in total. The van der Waals surface area contributed by atoms with Crippen molar-refractivity contribution in [1.29, 1.82) is 0 Å². The largest absolute Gasteiger partial charge is 0.356 e. The molecule has 3 amide bonds. The van der Waals surface area contributed by atoms with Gasteiger partial charge in [-0.25, -0.2) is 13.6 Å². The van der Waals surface area contributed by atoms with Crippen molar-refractivity contribution < 1.29 is 18.4 Å². The van der Waals surface area contributed by atoms with Crippen LogP contribution in [-0.4, -0.2) is 43.0 Å². The van der Waals surface area contributed by atoms with Crippen molar-refractivity contribution in [2.75, 3.05) is 26.2 Å². The van der Waals surface area contributed by atoms with Crippen molar-refractivity contribution in [3.8, 4) is 0 Å². The van der Waals surface area contributed by atoms with E-state index in [1.54, 1.807) is 4.90 Å². The van der Waals surface area contributed by atoms with Crippen LogP contribution in [0.5, 0.6) is 0 Å². The number of amides is 3. The van der Waals surface area contributed by atoms with Gasteiger partial charge < -0.3 is 15.5 Å². The number of aryl methyl sites for hydroxylation is 1. The highest BCUT2D eigenvalue weighted by Crippen LogP contribution is 2.23. The van der Waals surface area contributed by atoms with Crippen LogP contribution in [0, 0.1) is 23.5 Å². The number of urea groups is 1. The average Bonchev–Trinajstić information content (AvgIpc) is 3.05. The van der Waals surface area contributed by atoms with Gasteiger partial charge in [-0.3, -0.25) is 4.79 Å². The summed E-state index contributed by atoms with van der Waals surface area (Å²) in [5.41, 5.74) is 0.547. The summed E-state index contributed by atoms with van der Waals surface area (Å²) in [7, 11) is 0. The number of nitrogens with zero attached hydrogens (tertiary/aromatic N) is 1. The molecule has 26 heavy (non-hydrogen) atoms. The van der Waals surface area contributed by atoms with E-state index in [1.165, 1.54) is 12.1 Å². The Morgan fingerprint density at radius 2 is 2.00 bits per heavy atom. The minimum atomic E-state index is -0.552. The Bertz CT molecular complexity index is 660. The van der Waals surface area contributed by atoms with Crippen LogP contribution in [0.15, 0.2) is 18.2 Å². The molecule has 0 spiro atoms. The SMILES string of the molecule is O=C1C[C@H](CNC(=O)N2CCC(CCc3ccc(F)cc3F)CC2)CN1. The molecule has 2 aliphatic rings. The van der Waals surface area contributed by atoms with Gasteiger partial charge in [0, 0.05) is 44.6 Å². The van der Waals surface area contributed by atoms with E-state index in [-0.39, 0.29) is 17.9 Å². The number of nitrogens with one attached hydrogen (secondary N) is 2. The van der Waals surface area contributed by atoms with Crippen LogP contribution in [0.3, 0.4) is 0 Å². The molecule has 2 aliphatic heterocycles. The second kappa shape index (κ2) is 8.47. The van der Waals surface area contributed by atoms with E-state index in [0.29, 0.717) is 50.5 Å². The molecule has 0 aromatic heterocycles. The van der Waals surface area contributed by atoms with Crippen LogP contribution < -0.4 is 10.6 Å². The van der Waals surface area contributed by atoms with Gasteiger partial charge in [0.05, 0.1) is 0 Å². The van der Waals surface area contributed by atoms with Gasteiger partial charge in [0.2, 0.25) is 5.91 Å². The molecular formula is C19H25F2N3O2. The highest BCUT2D eigenvalue weighted by atomic mass is 19.1. The quantitative estimate of drug-likeness (QED) is 0.842. The molecule has 3 rings (SSSR count). The van der Waals surface area contributed by atoms with Crippen LogP contribution in [0.2, 0.25) is 0 Å². The molecule has 1 aromatic rings. The van der Waals surface area contributed by atoms with Gasteiger partial charge in [0.15, 0.2) is 0 Å². The predicted molar refractivity (Wildman–Crippen MR) is 93.5 cm³/mol. The summed E-state index contributed by atoms with van der Waals surface area (Å²) in [4.78, 5) is 25.2. The van der Waals surface area contributed by atoms with E-state index in [1.807, 2.05) is 0 Å². The first-order chi connectivity index (χ1) is 12.5. The minimum absolute atomic E-state index is 0.0441. The standard InChI is InChI=1S/C19H25F2N3O2/c20-16-4-3-15(17(21)10-16)2-1-13-5-7-24(8-6-13)19(26)23-12-14-9-18(25)22-11-14/h3-4,10,13-14H,1-2,5-9,11-12H2,(H,22,25)(H,23,26)/t14-/m0/s1. The average molecular weight is 365 g/mol. The zero-order valence-corrected chi connectivity index (χ0v) is 14.8. The van der Waals surface area contributed by atoms with Crippen molar-refractivity contribution >= 4 is 11.9 Å². The van der Waals surface area contributed by atoms with Crippen LogP contribution in [-0.2, 0) is 11.2 Å². The summed E-state index contributed by atoms with van der Waals surface area (Å²) in [5.74, 6) is -0.373. The van der Waals surface area contributed by atoms with E-state index in [4.69, 9.17) is 0 Å². The van der Waals surface area contributed by atoms with Crippen LogP contribution in [0.25, 0.3) is 0 Å². The molecule has 7 heteroatoms. The Hall–Kier alpha value is -2.18. The second-order valence-corrected chi connectivity index (χ2v) is 7.27. The van der Waals surface area contributed by atoms with Gasteiger partial charge in [-0.05, 0) is 43.2 Å². The van der Waals surface area contributed by atoms with Crippen LogP contribution >= 0.6 is 0 Å². The third kappa shape index (κ3) is 4.93. The van der Waals surface area contributed by atoms with Gasteiger partial charge in [-0.15, -0.1) is 0 Å². The van der Waals surface area contributed by atoms with Crippen molar-refractivity contribution in [3.05, 3.63) is 35.4 Å². The molecule has 2 N–H and O–H groups in total. The summed E-state index contributed by atoms with van der Waals surface area (Å²) >= 11 is 0. The van der Waals surface area contributed by atoms with Gasteiger partial charge in [-0.1, -0.05) is 6.07 Å². The predicted octanol–water partition coefficient (Wildman–Crippen LogP) is 2.46. The number of hydrogen-bond donors (Lipinski definition) is 2. The molecule has 0 bridgehead atoms. The lowest BCUT2D eigenvalue weighted by Crippen LogP contribution is -2.45. The number of carbonyl (C=O) groups excluding carboxylic acids is 2. The minimum Gasteiger partial charge on any atom is -0.356 e. The zero-order chi connectivity index (χ0) is 18.5. The highest BCUT2D eigenvalue weighted by molar-refractivity contribution is 5.78. The number of hydrogen-bond acceptors (Lipinski definition) is 2. The van der Waals surface area contributed by atoms with Crippen LogP contribution in [0.1, 0.15) is 31.2 Å². The molecule has 2 heterocycles. The lowest BCUT2D eigenvalue weighted by Gasteiger charge is -2.32. The smallest absolute Gasteiger partial charge is 0.317 e. The summed E-state index contributed by atoms with van der Waals surface area (Å²) in [5, 5.41) is 5.67.